The van der Waals surface area contributed by atoms with Gasteiger partial charge in [0.25, 0.3) is 5.91 Å². The molecule has 3 rings (SSSR count). The minimum atomic E-state index is -0.684. The van der Waals surface area contributed by atoms with Crippen molar-refractivity contribution in [3.63, 3.8) is 0 Å². The molecule has 0 radical (unpaired) electrons. The molecule has 23 heavy (non-hydrogen) atoms. The summed E-state index contributed by atoms with van der Waals surface area (Å²) >= 11 is 0. The Morgan fingerprint density at radius 3 is 2.61 bits per heavy atom. The largest absolute Gasteiger partial charge is 0.346 e. The van der Waals surface area contributed by atoms with Crippen molar-refractivity contribution in [2.24, 2.45) is 0 Å². The number of pyridine rings is 1. The molecular weight excluding hydrogens is 300 g/mol. The van der Waals surface area contributed by atoms with Gasteiger partial charge in [0.1, 0.15) is 23.0 Å². The number of halogens is 2. The fourth-order valence-corrected chi connectivity index (χ4v) is 2.49. The zero-order valence-corrected chi connectivity index (χ0v) is 12.7. The third-order valence-corrected chi connectivity index (χ3v) is 3.66. The van der Waals surface area contributed by atoms with E-state index in [1.807, 2.05) is 19.1 Å². The van der Waals surface area contributed by atoms with Gasteiger partial charge in [0.05, 0.1) is 5.69 Å². The number of aromatic nitrogens is 2. The van der Waals surface area contributed by atoms with E-state index in [4.69, 9.17) is 0 Å². The third kappa shape index (κ3) is 2.79. The van der Waals surface area contributed by atoms with E-state index in [-0.39, 0.29) is 12.1 Å². The van der Waals surface area contributed by atoms with Crippen molar-refractivity contribution in [3.05, 3.63) is 70.7 Å². The van der Waals surface area contributed by atoms with Crippen molar-refractivity contribution in [1.82, 2.24) is 14.7 Å². The molecule has 0 fully saturated rings. The highest BCUT2D eigenvalue weighted by molar-refractivity contribution is 5.94. The van der Waals surface area contributed by atoms with Crippen LogP contribution in [-0.2, 0) is 6.54 Å². The summed E-state index contributed by atoms with van der Waals surface area (Å²) in [6.07, 6.45) is 1.75. The van der Waals surface area contributed by atoms with Gasteiger partial charge >= 0.3 is 0 Å². The van der Waals surface area contributed by atoms with E-state index < -0.39 is 17.5 Å². The number of hydrogen-bond donors (Lipinski definition) is 1. The van der Waals surface area contributed by atoms with Crippen LogP contribution in [0.5, 0.6) is 0 Å². The quantitative estimate of drug-likeness (QED) is 0.807. The number of rotatable bonds is 3. The summed E-state index contributed by atoms with van der Waals surface area (Å²) in [4.78, 5) is 16.7. The Bertz CT molecular complexity index is 882. The predicted molar refractivity (Wildman–Crippen MR) is 82.2 cm³/mol. The van der Waals surface area contributed by atoms with Gasteiger partial charge < -0.3 is 5.32 Å². The van der Waals surface area contributed by atoms with Crippen molar-refractivity contribution in [3.8, 4) is 0 Å². The lowest BCUT2D eigenvalue weighted by molar-refractivity contribution is 0.0943. The summed E-state index contributed by atoms with van der Waals surface area (Å²) in [7, 11) is 0. The average Bonchev–Trinajstić information content (AvgIpc) is 2.81. The first kappa shape index (κ1) is 15.1. The summed E-state index contributed by atoms with van der Waals surface area (Å²) in [5, 5.41) is 2.55. The highest BCUT2D eigenvalue weighted by Crippen LogP contribution is 2.15. The van der Waals surface area contributed by atoms with Gasteiger partial charge in [-0.05, 0) is 43.7 Å². The molecular formula is C17H15F2N3O. The van der Waals surface area contributed by atoms with Crippen LogP contribution >= 0.6 is 0 Å². The molecule has 0 atom stereocenters. The molecule has 2 heterocycles. The Kier molecular flexibility index (Phi) is 3.82. The molecule has 1 aromatic carbocycles. The highest BCUT2D eigenvalue weighted by Gasteiger charge is 2.17. The van der Waals surface area contributed by atoms with Crippen LogP contribution in [0.2, 0.25) is 0 Å². The summed E-state index contributed by atoms with van der Waals surface area (Å²) in [6, 6.07) is 7.33. The number of nitrogens with one attached hydrogen (secondary N) is 1. The molecule has 0 aliphatic heterocycles. The van der Waals surface area contributed by atoms with Crippen molar-refractivity contribution in [1.29, 1.82) is 0 Å². The van der Waals surface area contributed by atoms with Crippen LogP contribution in [0.3, 0.4) is 0 Å². The fourth-order valence-electron chi connectivity index (χ4n) is 2.49. The Balaban J connectivity index is 1.88. The molecule has 118 valence electrons. The standard InChI is InChI=1S/C17H15F2N3O/c1-10-6-7-22-15(8-10)21-11(2)16(22)17(23)20-9-12-13(18)4-3-5-14(12)19/h3-8H,9H2,1-2H3,(H,20,23). The molecule has 6 heteroatoms. The minimum Gasteiger partial charge on any atom is -0.346 e. The zero-order valence-electron chi connectivity index (χ0n) is 12.7. The van der Waals surface area contributed by atoms with Crippen LogP contribution in [0.4, 0.5) is 8.78 Å². The maximum atomic E-state index is 13.6. The van der Waals surface area contributed by atoms with Gasteiger partial charge in [0.15, 0.2) is 0 Å². The molecule has 0 saturated heterocycles. The second-order valence-corrected chi connectivity index (χ2v) is 5.36. The van der Waals surface area contributed by atoms with Crippen LogP contribution in [0.1, 0.15) is 27.3 Å². The van der Waals surface area contributed by atoms with Crippen molar-refractivity contribution in [2.45, 2.75) is 20.4 Å². The van der Waals surface area contributed by atoms with Crippen LogP contribution in [-0.4, -0.2) is 15.3 Å². The van der Waals surface area contributed by atoms with Gasteiger partial charge in [-0.25, -0.2) is 13.8 Å². The molecule has 0 aliphatic rings. The van der Waals surface area contributed by atoms with Gasteiger partial charge in [-0.1, -0.05) is 6.07 Å². The van der Waals surface area contributed by atoms with E-state index in [1.165, 1.54) is 6.07 Å². The monoisotopic (exact) mass is 315 g/mol. The van der Waals surface area contributed by atoms with Gasteiger partial charge in [-0.15, -0.1) is 0 Å². The molecule has 1 N–H and O–H groups in total. The predicted octanol–water partition coefficient (Wildman–Crippen LogP) is 3.16. The number of carbonyl (C=O) groups is 1. The molecule has 0 bridgehead atoms. The lowest BCUT2D eigenvalue weighted by Gasteiger charge is -2.08. The van der Waals surface area contributed by atoms with Crippen molar-refractivity contribution < 1.29 is 13.6 Å². The van der Waals surface area contributed by atoms with E-state index in [0.29, 0.717) is 17.0 Å². The lowest BCUT2D eigenvalue weighted by atomic mass is 10.2. The molecule has 0 aliphatic carbocycles. The van der Waals surface area contributed by atoms with Gasteiger partial charge in [0, 0.05) is 18.3 Å². The van der Waals surface area contributed by atoms with Gasteiger partial charge in [0.2, 0.25) is 0 Å². The number of fused-ring (bicyclic) bond motifs is 1. The Hall–Kier alpha value is -2.76. The molecule has 3 aromatic rings. The Morgan fingerprint density at radius 1 is 1.22 bits per heavy atom. The topological polar surface area (TPSA) is 46.4 Å². The smallest absolute Gasteiger partial charge is 0.270 e. The number of hydrogen-bond acceptors (Lipinski definition) is 2. The summed E-state index contributed by atoms with van der Waals surface area (Å²) in [5.41, 5.74) is 2.44. The van der Waals surface area contributed by atoms with E-state index in [9.17, 15) is 13.6 Å². The minimum absolute atomic E-state index is 0.164. The molecule has 0 saturated carbocycles. The first-order valence-corrected chi connectivity index (χ1v) is 7.14. The molecule has 0 spiro atoms. The number of amides is 1. The van der Waals surface area contributed by atoms with E-state index in [2.05, 4.69) is 10.3 Å². The zero-order chi connectivity index (χ0) is 16.6. The Morgan fingerprint density at radius 2 is 1.91 bits per heavy atom. The second-order valence-electron chi connectivity index (χ2n) is 5.36. The van der Waals surface area contributed by atoms with Crippen LogP contribution < -0.4 is 5.32 Å². The van der Waals surface area contributed by atoms with Crippen LogP contribution in [0, 0.1) is 25.5 Å². The fraction of sp³-hybridized carbons (Fsp3) is 0.176. The second kappa shape index (κ2) is 5.79. The SMILES string of the molecule is Cc1ccn2c(C(=O)NCc3c(F)cccc3F)c(C)nc2c1. The van der Waals surface area contributed by atoms with Gasteiger partial charge in [-0.3, -0.25) is 9.20 Å². The maximum absolute atomic E-state index is 13.6. The van der Waals surface area contributed by atoms with Crippen LogP contribution in [0.15, 0.2) is 36.5 Å². The normalized spacial score (nSPS) is 11.0. The molecule has 4 nitrogen and oxygen atoms in total. The molecule has 1 amide bonds. The maximum Gasteiger partial charge on any atom is 0.270 e. The van der Waals surface area contributed by atoms with E-state index in [1.54, 1.807) is 17.5 Å². The number of benzene rings is 1. The van der Waals surface area contributed by atoms with Crippen LogP contribution in [0.25, 0.3) is 5.65 Å². The number of aryl methyl sites for hydroxylation is 2. The third-order valence-electron chi connectivity index (χ3n) is 3.66. The average molecular weight is 315 g/mol. The highest BCUT2D eigenvalue weighted by atomic mass is 19.1. The summed E-state index contributed by atoms with van der Waals surface area (Å²) in [6.45, 7) is 3.43. The van der Waals surface area contributed by atoms with E-state index in [0.717, 1.165) is 17.7 Å². The first-order chi connectivity index (χ1) is 11.0. The number of nitrogens with zero attached hydrogens (tertiary/aromatic N) is 2. The number of imidazole rings is 1. The summed E-state index contributed by atoms with van der Waals surface area (Å²) < 4.78 is 28.9. The van der Waals surface area contributed by atoms with Crippen molar-refractivity contribution in [2.75, 3.05) is 0 Å². The van der Waals surface area contributed by atoms with E-state index >= 15 is 0 Å². The lowest BCUT2D eigenvalue weighted by Crippen LogP contribution is -2.26. The van der Waals surface area contributed by atoms with Crippen molar-refractivity contribution >= 4 is 11.6 Å². The Labute approximate surface area is 131 Å². The summed E-state index contributed by atoms with van der Waals surface area (Å²) in [5.74, 6) is -1.80. The molecule has 0 unspecified atom stereocenters. The molecule has 2 aromatic heterocycles. The first-order valence-electron chi connectivity index (χ1n) is 7.14. The van der Waals surface area contributed by atoms with Gasteiger partial charge in [-0.2, -0.15) is 0 Å². The number of carbonyl (C=O) groups excluding carboxylic acids is 1.